The van der Waals surface area contributed by atoms with Crippen LogP contribution in [0.25, 0.3) is 0 Å². The molecule has 0 radical (unpaired) electrons. The van der Waals surface area contributed by atoms with Crippen molar-refractivity contribution in [3.63, 3.8) is 0 Å². The lowest BCUT2D eigenvalue weighted by Crippen LogP contribution is -2.27. The van der Waals surface area contributed by atoms with Crippen LogP contribution in [0.4, 0.5) is 0 Å². The molecule has 0 heterocycles. The molecule has 140 valence electrons. The first kappa shape index (κ1) is 19.9. The molecule has 1 atom stereocenters. The molecular weight excluding hydrogens is 352 g/mol. The average Bonchev–Trinajstić information content (AvgIpc) is 2.66. The van der Waals surface area contributed by atoms with Crippen LogP contribution < -0.4 is 14.8 Å². The summed E-state index contributed by atoms with van der Waals surface area (Å²) in [4.78, 5) is 12.0. The number of carbonyl (C=O) groups is 1. The number of hydrogen-bond donors (Lipinski definition) is 2. The van der Waals surface area contributed by atoms with Crippen LogP contribution in [0.3, 0.4) is 0 Å². The summed E-state index contributed by atoms with van der Waals surface area (Å²) >= 11 is 0. The Morgan fingerprint density at radius 2 is 1.81 bits per heavy atom. The van der Waals surface area contributed by atoms with Crippen LogP contribution in [0.2, 0.25) is 0 Å². The predicted octanol–water partition coefficient (Wildman–Crippen LogP) is 2.66. The topological polar surface area (TPSA) is 84.5 Å². The van der Waals surface area contributed by atoms with Crippen LogP contribution in [-0.4, -0.2) is 28.5 Å². The molecular formula is C19H24N2O4S. The Kier molecular flexibility index (Phi) is 6.39. The van der Waals surface area contributed by atoms with Gasteiger partial charge in [-0.15, -0.1) is 0 Å². The molecule has 0 aliphatic heterocycles. The van der Waals surface area contributed by atoms with Gasteiger partial charge in [-0.2, -0.15) is 0 Å². The number of aryl methyl sites for hydroxylation is 1. The van der Waals surface area contributed by atoms with E-state index in [-0.39, 0.29) is 10.5 Å². The van der Waals surface area contributed by atoms with E-state index in [1.807, 2.05) is 24.3 Å². The van der Waals surface area contributed by atoms with Crippen molar-refractivity contribution in [2.75, 3.05) is 14.2 Å². The molecule has 2 aromatic carbocycles. The largest absolute Gasteiger partial charge is 0.496 e. The zero-order valence-corrected chi connectivity index (χ0v) is 16.2. The number of sulfonamides is 1. The smallest absolute Gasteiger partial charge is 0.254 e. The SMILES string of the molecule is CCc1ccc([C@@H](C)NS(=O)(=O)c2ccc(OC)c(C(=O)NC)c2)cc1. The van der Waals surface area contributed by atoms with Gasteiger partial charge in [0.05, 0.1) is 17.6 Å². The van der Waals surface area contributed by atoms with Crippen molar-refractivity contribution in [3.8, 4) is 5.75 Å². The van der Waals surface area contributed by atoms with Crippen LogP contribution in [0.5, 0.6) is 5.75 Å². The van der Waals surface area contributed by atoms with E-state index in [1.165, 1.54) is 37.9 Å². The minimum Gasteiger partial charge on any atom is -0.496 e. The Balaban J connectivity index is 2.30. The fourth-order valence-electron chi connectivity index (χ4n) is 2.58. The van der Waals surface area contributed by atoms with E-state index < -0.39 is 22.0 Å². The molecule has 0 aromatic heterocycles. The van der Waals surface area contributed by atoms with Crippen molar-refractivity contribution < 1.29 is 17.9 Å². The monoisotopic (exact) mass is 376 g/mol. The first-order valence-electron chi connectivity index (χ1n) is 8.33. The first-order chi connectivity index (χ1) is 12.3. The summed E-state index contributed by atoms with van der Waals surface area (Å²) in [5, 5.41) is 2.48. The van der Waals surface area contributed by atoms with E-state index in [4.69, 9.17) is 4.74 Å². The molecule has 0 aliphatic rings. The quantitative estimate of drug-likeness (QED) is 0.778. The van der Waals surface area contributed by atoms with Crippen LogP contribution in [0, 0.1) is 0 Å². The highest BCUT2D eigenvalue weighted by molar-refractivity contribution is 7.89. The minimum absolute atomic E-state index is 0.00827. The second kappa shape index (κ2) is 8.33. The molecule has 0 spiro atoms. The zero-order chi connectivity index (χ0) is 19.3. The number of hydrogen-bond acceptors (Lipinski definition) is 4. The lowest BCUT2D eigenvalue weighted by atomic mass is 10.1. The van der Waals surface area contributed by atoms with Crippen LogP contribution >= 0.6 is 0 Å². The maximum atomic E-state index is 12.7. The summed E-state index contributed by atoms with van der Waals surface area (Å²) in [6, 6.07) is 11.6. The minimum atomic E-state index is -3.80. The van der Waals surface area contributed by atoms with Crippen LogP contribution in [0.1, 0.15) is 41.4 Å². The number of benzene rings is 2. The molecule has 0 saturated heterocycles. The first-order valence-corrected chi connectivity index (χ1v) is 9.82. The van der Waals surface area contributed by atoms with Crippen molar-refractivity contribution in [2.24, 2.45) is 0 Å². The third-order valence-electron chi connectivity index (χ3n) is 4.17. The molecule has 7 heteroatoms. The second-order valence-electron chi connectivity index (χ2n) is 5.88. The molecule has 0 bridgehead atoms. The van der Waals surface area contributed by atoms with Crippen LogP contribution in [0.15, 0.2) is 47.4 Å². The van der Waals surface area contributed by atoms with Gasteiger partial charge in [-0.3, -0.25) is 4.79 Å². The maximum Gasteiger partial charge on any atom is 0.254 e. The normalized spacial score (nSPS) is 12.5. The highest BCUT2D eigenvalue weighted by Crippen LogP contribution is 2.24. The van der Waals surface area contributed by atoms with Gasteiger partial charge in [-0.25, -0.2) is 13.1 Å². The van der Waals surface area contributed by atoms with E-state index in [0.29, 0.717) is 5.75 Å². The lowest BCUT2D eigenvalue weighted by Gasteiger charge is -2.16. The molecule has 0 saturated carbocycles. The van der Waals surface area contributed by atoms with Crippen molar-refractivity contribution >= 4 is 15.9 Å². The molecule has 26 heavy (non-hydrogen) atoms. The van der Waals surface area contributed by atoms with Gasteiger partial charge in [0.2, 0.25) is 10.0 Å². The third kappa shape index (κ3) is 4.42. The summed E-state index contributed by atoms with van der Waals surface area (Å²) in [7, 11) is -0.896. The van der Waals surface area contributed by atoms with E-state index in [2.05, 4.69) is 17.0 Å². The van der Waals surface area contributed by atoms with Gasteiger partial charge in [0.25, 0.3) is 5.91 Å². The molecule has 2 aromatic rings. The Bertz CT molecular complexity index is 877. The van der Waals surface area contributed by atoms with Crippen molar-refractivity contribution in [1.29, 1.82) is 0 Å². The molecule has 2 N–H and O–H groups in total. The highest BCUT2D eigenvalue weighted by atomic mass is 32.2. The number of amides is 1. The fraction of sp³-hybridized carbons (Fsp3) is 0.316. The van der Waals surface area contributed by atoms with Gasteiger partial charge in [-0.1, -0.05) is 31.2 Å². The van der Waals surface area contributed by atoms with Crippen molar-refractivity contribution in [3.05, 3.63) is 59.2 Å². The van der Waals surface area contributed by atoms with Gasteiger partial charge < -0.3 is 10.1 Å². The zero-order valence-electron chi connectivity index (χ0n) is 15.4. The Labute approximate surface area is 154 Å². The highest BCUT2D eigenvalue weighted by Gasteiger charge is 2.21. The lowest BCUT2D eigenvalue weighted by molar-refractivity contribution is 0.0960. The van der Waals surface area contributed by atoms with E-state index in [0.717, 1.165) is 12.0 Å². The van der Waals surface area contributed by atoms with Crippen LogP contribution in [-0.2, 0) is 16.4 Å². The van der Waals surface area contributed by atoms with Gasteiger partial charge in [0, 0.05) is 13.1 Å². The number of nitrogens with one attached hydrogen (secondary N) is 2. The van der Waals surface area contributed by atoms with E-state index in [1.54, 1.807) is 6.92 Å². The number of methoxy groups -OCH3 is 1. The molecule has 1 amide bonds. The molecule has 0 fully saturated rings. The van der Waals surface area contributed by atoms with Gasteiger partial charge in [-0.05, 0) is 42.7 Å². The summed E-state index contributed by atoms with van der Waals surface area (Å²) in [5.41, 5.74) is 2.22. The Morgan fingerprint density at radius 3 is 2.35 bits per heavy atom. The molecule has 2 rings (SSSR count). The number of carbonyl (C=O) groups excluding carboxylic acids is 1. The van der Waals surface area contributed by atoms with Gasteiger partial charge >= 0.3 is 0 Å². The van der Waals surface area contributed by atoms with Gasteiger partial charge in [0.1, 0.15) is 5.75 Å². The number of ether oxygens (including phenoxy) is 1. The second-order valence-corrected chi connectivity index (χ2v) is 7.59. The van der Waals surface area contributed by atoms with E-state index >= 15 is 0 Å². The molecule has 0 aliphatic carbocycles. The summed E-state index contributed by atoms with van der Waals surface area (Å²) in [6.45, 7) is 3.84. The summed E-state index contributed by atoms with van der Waals surface area (Å²) < 4.78 is 33.2. The average molecular weight is 376 g/mol. The fourth-order valence-corrected chi connectivity index (χ4v) is 3.83. The third-order valence-corrected chi connectivity index (χ3v) is 5.71. The van der Waals surface area contributed by atoms with Crippen molar-refractivity contribution in [2.45, 2.75) is 31.2 Å². The maximum absolute atomic E-state index is 12.7. The van der Waals surface area contributed by atoms with E-state index in [9.17, 15) is 13.2 Å². The molecule has 0 unspecified atom stereocenters. The van der Waals surface area contributed by atoms with Crippen molar-refractivity contribution in [1.82, 2.24) is 10.0 Å². The Hall–Kier alpha value is -2.38. The Morgan fingerprint density at radius 1 is 1.15 bits per heavy atom. The summed E-state index contributed by atoms with van der Waals surface area (Å²) in [5.74, 6) is -0.103. The predicted molar refractivity (Wildman–Crippen MR) is 101 cm³/mol. The number of rotatable bonds is 7. The standard InChI is InChI=1S/C19H24N2O4S/c1-5-14-6-8-15(9-7-14)13(2)21-26(23,24)16-10-11-18(25-4)17(12-16)19(22)20-3/h6-13,21H,5H2,1-4H3,(H,20,22)/t13-/m1/s1. The van der Waals surface area contributed by atoms with Gasteiger partial charge in [0.15, 0.2) is 0 Å². The summed E-state index contributed by atoms with van der Waals surface area (Å²) in [6.07, 6.45) is 0.925. The molecule has 6 nitrogen and oxygen atoms in total.